The lowest BCUT2D eigenvalue weighted by Crippen LogP contribution is -2.34. The average Bonchev–Trinajstić information content (AvgIpc) is 2.53. The highest BCUT2D eigenvalue weighted by molar-refractivity contribution is 7.80. The van der Waals surface area contributed by atoms with Crippen LogP contribution in [0.25, 0.3) is 0 Å². The van der Waals surface area contributed by atoms with E-state index in [0.29, 0.717) is 71.2 Å². The zero-order valence-corrected chi connectivity index (χ0v) is 14.5. The Morgan fingerprint density at radius 1 is 0.826 bits per heavy atom. The van der Waals surface area contributed by atoms with Gasteiger partial charge in [0.1, 0.15) is 0 Å². The van der Waals surface area contributed by atoms with Gasteiger partial charge < -0.3 is 31.2 Å². The number of hydrogen-bond acceptors (Lipinski definition) is 7. The molecule has 0 radical (unpaired) electrons. The number of nitrogens with one attached hydrogen (secondary N) is 3. The van der Waals surface area contributed by atoms with Crippen LogP contribution in [0.2, 0.25) is 0 Å². The average molecular weight is 350 g/mol. The van der Waals surface area contributed by atoms with E-state index >= 15 is 0 Å². The third kappa shape index (κ3) is 17.3. The summed E-state index contributed by atoms with van der Waals surface area (Å²) in [5, 5.41) is 8.58. The highest BCUT2D eigenvalue weighted by Gasteiger charge is 2.00. The van der Waals surface area contributed by atoms with Crippen molar-refractivity contribution in [3.8, 4) is 0 Å². The monoisotopic (exact) mass is 350 g/mol. The number of rotatable bonds is 16. The number of ether oxygens (including phenoxy) is 2. The Bertz CT molecular complexity index is 309. The minimum Gasteiger partial charge on any atom is -0.379 e. The minimum atomic E-state index is -0.0348. The van der Waals surface area contributed by atoms with E-state index in [1.165, 1.54) is 0 Å². The van der Waals surface area contributed by atoms with Crippen molar-refractivity contribution in [1.82, 2.24) is 16.0 Å². The number of thiol groups is 1. The lowest BCUT2D eigenvalue weighted by molar-refractivity contribution is -0.122. The summed E-state index contributed by atoms with van der Waals surface area (Å²) in [6.07, 6.45) is 0.744. The van der Waals surface area contributed by atoms with Crippen LogP contribution in [0.3, 0.4) is 0 Å². The van der Waals surface area contributed by atoms with E-state index in [-0.39, 0.29) is 11.8 Å². The molecular weight excluding hydrogens is 320 g/mol. The maximum absolute atomic E-state index is 11.4. The van der Waals surface area contributed by atoms with Gasteiger partial charge in [0, 0.05) is 45.6 Å². The predicted molar refractivity (Wildman–Crippen MR) is 92.7 cm³/mol. The van der Waals surface area contributed by atoms with Crippen LogP contribution in [0.4, 0.5) is 0 Å². The molecule has 0 saturated carbocycles. The molecule has 5 N–H and O–H groups in total. The fourth-order valence-corrected chi connectivity index (χ4v) is 1.75. The van der Waals surface area contributed by atoms with Crippen LogP contribution in [-0.4, -0.2) is 76.7 Å². The van der Waals surface area contributed by atoms with Crippen molar-refractivity contribution in [2.45, 2.75) is 12.8 Å². The van der Waals surface area contributed by atoms with Gasteiger partial charge in [-0.2, -0.15) is 12.6 Å². The van der Waals surface area contributed by atoms with Gasteiger partial charge in [-0.1, -0.05) is 0 Å². The molecule has 0 aliphatic rings. The number of amides is 2. The van der Waals surface area contributed by atoms with Gasteiger partial charge in [0.15, 0.2) is 0 Å². The van der Waals surface area contributed by atoms with Crippen LogP contribution >= 0.6 is 12.6 Å². The first-order valence-corrected chi connectivity index (χ1v) is 8.54. The van der Waals surface area contributed by atoms with Crippen LogP contribution in [0.15, 0.2) is 0 Å². The molecule has 136 valence electrons. The zero-order chi connectivity index (χ0) is 17.2. The summed E-state index contributed by atoms with van der Waals surface area (Å²) in [5.41, 5.74) is 5.33. The Balaban J connectivity index is 3.20. The molecule has 0 aliphatic heterocycles. The molecule has 0 fully saturated rings. The molecule has 8 nitrogen and oxygen atoms in total. The lowest BCUT2D eigenvalue weighted by atomic mass is 10.4. The van der Waals surface area contributed by atoms with E-state index in [1.807, 2.05) is 0 Å². The molecule has 0 aromatic rings. The van der Waals surface area contributed by atoms with Crippen molar-refractivity contribution < 1.29 is 19.1 Å². The molecule has 0 aliphatic carbocycles. The van der Waals surface area contributed by atoms with Gasteiger partial charge >= 0.3 is 0 Å². The molecule has 0 bridgehead atoms. The summed E-state index contributed by atoms with van der Waals surface area (Å²) in [4.78, 5) is 22.6. The Morgan fingerprint density at radius 3 is 2.17 bits per heavy atom. The van der Waals surface area contributed by atoms with Gasteiger partial charge in [0.25, 0.3) is 0 Å². The third-order valence-corrected chi connectivity index (χ3v) is 2.92. The SMILES string of the molecule is NCCNCCNC(=O)CCOCCOCCNC(=O)CCS. The van der Waals surface area contributed by atoms with Gasteiger partial charge in [0.05, 0.1) is 26.4 Å². The zero-order valence-electron chi connectivity index (χ0n) is 13.6. The summed E-state index contributed by atoms with van der Waals surface area (Å²) < 4.78 is 10.6. The van der Waals surface area contributed by atoms with Crippen LogP contribution in [0.1, 0.15) is 12.8 Å². The third-order valence-electron chi connectivity index (χ3n) is 2.70. The highest BCUT2D eigenvalue weighted by Crippen LogP contribution is 1.85. The Morgan fingerprint density at radius 2 is 1.48 bits per heavy atom. The molecular formula is C14H30N4O4S. The normalized spacial score (nSPS) is 10.5. The van der Waals surface area contributed by atoms with Gasteiger partial charge in [-0.05, 0) is 5.75 Å². The summed E-state index contributed by atoms with van der Waals surface area (Å²) in [5.74, 6) is 0.481. The smallest absolute Gasteiger partial charge is 0.222 e. The molecule has 0 rings (SSSR count). The molecule has 23 heavy (non-hydrogen) atoms. The maximum Gasteiger partial charge on any atom is 0.222 e. The lowest BCUT2D eigenvalue weighted by Gasteiger charge is -2.08. The largest absolute Gasteiger partial charge is 0.379 e. The quantitative estimate of drug-likeness (QED) is 0.171. The van der Waals surface area contributed by atoms with Crippen molar-refractivity contribution in [2.75, 3.05) is 64.9 Å². The molecule has 2 amide bonds. The van der Waals surface area contributed by atoms with E-state index in [9.17, 15) is 9.59 Å². The molecule has 0 heterocycles. The first-order valence-electron chi connectivity index (χ1n) is 7.91. The van der Waals surface area contributed by atoms with E-state index in [2.05, 4.69) is 28.6 Å². The highest BCUT2D eigenvalue weighted by atomic mass is 32.1. The van der Waals surface area contributed by atoms with Crippen LogP contribution in [0, 0.1) is 0 Å². The number of carbonyl (C=O) groups excluding carboxylic acids is 2. The molecule has 0 aromatic carbocycles. The Hall–Kier alpha value is -0.870. The van der Waals surface area contributed by atoms with Crippen LogP contribution < -0.4 is 21.7 Å². The summed E-state index contributed by atoms with van der Waals surface area (Å²) >= 11 is 3.97. The number of carbonyl (C=O) groups is 2. The molecule has 0 saturated heterocycles. The topological polar surface area (TPSA) is 115 Å². The van der Waals surface area contributed by atoms with E-state index in [0.717, 1.165) is 6.54 Å². The summed E-state index contributed by atoms with van der Waals surface area (Å²) in [6.45, 7) is 4.78. The summed E-state index contributed by atoms with van der Waals surface area (Å²) in [7, 11) is 0. The Kier molecular flexibility index (Phi) is 16.8. The molecule has 0 atom stereocenters. The second-order valence-electron chi connectivity index (χ2n) is 4.69. The fourth-order valence-electron chi connectivity index (χ4n) is 1.55. The van der Waals surface area contributed by atoms with Gasteiger partial charge in [-0.3, -0.25) is 9.59 Å². The standard InChI is InChI=1S/C14H30N4O4S/c15-3-4-16-5-6-17-13(19)1-8-21-10-11-22-9-7-18-14(20)2-12-23/h16,23H,1-12,15H2,(H,17,19)(H,18,20). The summed E-state index contributed by atoms with van der Waals surface area (Å²) in [6, 6.07) is 0. The van der Waals surface area contributed by atoms with E-state index < -0.39 is 0 Å². The predicted octanol–water partition coefficient (Wildman–Crippen LogP) is -1.49. The molecule has 9 heteroatoms. The van der Waals surface area contributed by atoms with Gasteiger partial charge in [-0.15, -0.1) is 0 Å². The van der Waals surface area contributed by atoms with Crippen LogP contribution in [0.5, 0.6) is 0 Å². The maximum atomic E-state index is 11.4. The first kappa shape index (κ1) is 22.1. The van der Waals surface area contributed by atoms with E-state index in [1.54, 1.807) is 0 Å². The van der Waals surface area contributed by atoms with Crippen molar-refractivity contribution in [2.24, 2.45) is 5.73 Å². The second-order valence-corrected chi connectivity index (χ2v) is 5.13. The Labute approximate surface area is 143 Å². The number of nitrogens with two attached hydrogens (primary N) is 1. The fraction of sp³-hybridized carbons (Fsp3) is 0.857. The molecule has 0 spiro atoms. The van der Waals surface area contributed by atoms with E-state index in [4.69, 9.17) is 15.2 Å². The first-order chi connectivity index (χ1) is 11.2. The number of hydrogen-bond donors (Lipinski definition) is 5. The minimum absolute atomic E-state index is 0.0240. The van der Waals surface area contributed by atoms with Crippen molar-refractivity contribution in [1.29, 1.82) is 0 Å². The van der Waals surface area contributed by atoms with Gasteiger partial charge in [-0.25, -0.2) is 0 Å². The van der Waals surface area contributed by atoms with Crippen molar-refractivity contribution in [3.05, 3.63) is 0 Å². The molecule has 0 unspecified atom stereocenters. The molecule has 0 aromatic heterocycles. The second kappa shape index (κ2) is 17.5. The van der Waals surface area contributed by atoms with Crippen molar-refractivity contribution >= 4 is 24.4 Å². The van der Waals surface area contributed by atoms with Crippen molar-refractivity contribution in [3.63, 3.8) is 0 Å². The van der Waals surface area contributed by atoms with Crippen LogP contribution in [-0.2, 0) is 19.1 Å². The van der Waals surface area contributed by atoms with Gasteiger partial charge in [0.2, 0.25) is 11.8 Å².